The van der Waals surface area contributed by atoms with Crippen LogP contribution in [0.5, 0.6) is 0 Å². The molecule has 1 heterocycles. The molecule has 0 radical (unpaired) electrons. The summed E-state index contributed by atoms with van der Waals surface area (Å²) in [6.07, 6.45) is 0. The van der Waals surface area contributed by atoms with E-state index < -0.39 is 0 Å². The summed E-state index contributed by atoms with van der Waals surface area (Å²) in [6.45, 7) is 1.92. The minimum absolute atomic E-state index is 0.178. The molecule has 0 saturated carbocycles. The molecule has 5 heteroatoms. The SMILES string of the molecule is Cc1ccccc1-n1c(Cl)nn(C)c1=O. The lowest BCUT2D eigenvalue weighted by molar-refractivity contribution is 0.726. The highest BCUT2D eigenvalue weighted by Crippen LogP contribution is 2.15. The highest BCUT2D eigenvalue weighted by molar-refractivity contribution is 6.28. The number of aryl methyl sites for hydroxylation is 2. The van der Waals surface area contributed by atoms with Gasteiger partial charge in [0.1, 0.15) is 0 Å². The molecule has 0 spiro atoms. The Hall–Kier alpha value is -1.55. The van der Waals surface area contributed by atoms with Gasteiger partial charge in [0.2, 0.25) is 5.28 Å². The van der Waals surface area contributed by atoms with E-state index in [9.17, 15) is 4.79 Å². The molecule has 1 aromatic carbocycles. The Kier molecular flexibility index (Phi) is 2.36. The second-order valence-corrected chi connectivity index (χ2v) is 3.64. The molecule has 2 aromatic rings. The van der Waals surface area contributed by atoms with Crippen LogP contribution in [-0.2, 0) is 7.05 Å². The topological polar surface area (TPSA) is 39.8 Å². The lowest BCUT2D eigenvalue weighted by Gasteiger charge is -2.04. The highest BCUT2D eigenvalue weighted by Gasteiger charge is 2.11. The Morgan fingerprint density at radius 3 is 2.53 bits per heavy atom. The van der Waals surface area contributed by atoms with Gasteiger partial charge in [0.15, 0.2) is 0 Å². The molecule has 2 rings (SSSR count). The van der Waals surface area contributed by atoms with Crippen molar-refractivity contribution in [1.29, 1.82) is 0 Å². The molecule has 78 valence electrons. The van der Waals surface area contributed by atoms with Gasteiger partial charge in [-0.25, -0.2) is 14.0 Å². The quantitative estimate of drug-likeness (QED) is 0.736. The fourth-order valence-corrected chi connectivity index (χ4v) is 1.73. The van der Waals surface area contributed by atoms with Crippen molar-refractivity contribution in [1.82, 2.24) is 14.3 Å². The predicted molar refractivity (Wildman–Crippen MR) is 58.6 cm³/mol. The molecule has 15 heavy (non-hydrogen) atoms. The first-order chi connectivity index (χ1) is 7.11. The second-order valence-electron chi connectivity index (χ2n) is 3.30. The first kappa shape index (κ1) is 9.98. The van der Waals surface area contributed by atoms with Gasteiger partial charge in [-0.05, 0) is 30.2 Å². The van der Waals surface area contributed by atoms with Gasteiger partial charge in [-0.3, -0.25) is 0 Å². The first-order valence-corrected chi connectivity index (χ1v) is 4.86. The van der Waals surface area contributed by atoms with Crippen molar-refractivity contribution in [2.24, 2.45) is 7.05 Å². The maximum absolute atomic E-state index is 11.7. The number of halogens is 1. The number of para-hydroxylation sites is 1. The molecule has 0 N–H and O–H groups in total. The lowest BCUT2D eigenvalue weighted by Crippen LogP contribution is -2.21. The van der Waals surface area contributed by atoms with Gasteiger partial charge in [-0.2, -0.15) is 0 Å². The number of nitrogens with zero attached hydrogens (tertiary/aromatic N) is 3. The molecule has 0 unspecified atom stereocenters. The van der Waals surface area contributed by atoms with Crippen LogP contribution in [0.1, 0.15) is 5.56 Å². The summed E-state index contributed by atoms with van der Waals surface area (Å²) >= 11 is 5.89. The second kappa shape index (κ2) is 3.55. The van der Waals surface area contributed by atoms with Crippen molar-refractivity contribution in [2.75, 3.05) is 0 Å². The average molecular weight is 224 g/mol. The van der Waals surface area contributed by atoms with Crippen LogP contribution in [0.15, 0.2) is 29.1 Å². The van der Waals surface area contributed by atoms with Gasteiger partial charge in [0.05, 0.1) is 5.69 Å². The highest BCUT2D eigenvalue weighted by atomic mass is 35.5. The fourth-order valence-electron chi connectivity index (χ4n) is 1.45. The molecule has 1 aromatic heterocycles. The van der Waals surface area contributed by atoms with Crippen LogP contribution in [-0.4, -0.2) is 14.3 Å². The molecule has 0 aliphatic heterocycles. The van der Waals surface area contributed by atoms with Gasteiger partial charge in [-0.1, -0.05) is 18.2 Å². The minimum atomic E-state index is -0.241. The van der Waals surface area contributed by atoms with E-state index in [1.54, 1.807) is 7.05 Å². The first-order valence-electron chi connectivity index (χ1n) is 4.49. The normalized spacial score (nSPS) is 10.6. The number of rotatable bonds is 1. The Bertz CT molecular complexity index is 556. The molecule has 0 bridgehead atoms. The van der Waals surface area contributed by atoms with Gasteiger partial charge < -0.3 is 0 Å². The van der Waals surface area contributed by atoms with Crippen LogP contribution in [0.3, 0.4) is 0 Å². The largest absolute Gasteiger partial charge is 0.351 e. The number of hydrogen-bond acceptors (Lipinski definition) is 2. The van der Waals surface area contributed by atoms with Crippen molar-refractivity contribution in [3.05, 3.63) is 45.6 Å². The molecule has 0 aliphatic rings. The van der Waals surface area contributed by atoms with Crippen LogP contribution in [0.25, 0.3) is 5.69 Å². The summed E-state index contributed by atoms with van der Waals surface area (Å²) in [5.41, 5.74) is 1.50. The molecule has 0 saturated heterocycles. The molecule has 4 nitrogen and oxygen atoms in total. The standard InChI is InChI=1S/C10H10ClN3O/c1-7-5-3-4-6-8(7)14-9(11)12-13(2)10(14)15/h3-6H,1-2H3. The van der Waals surface area contributed by atoms with Crippen molar-refractivity contribution in [3.8, 4) is 5.69 Å². The van der Waals surface area contributed by atoms with Crippen molar-refractivity contribution in [2.45, 2.75) is 6.92 Å². The molecular weight excluding hydrogens is 214 g/mol. The average Bonchev–Trinajstić information content (AvgIpc) is 2.43. The van der Waals surface area contributed by atoms with Gasteiger partial charge in [0, 0.05) is 7.05 Å². The summed E-state index contributed by atoms with van der Waals surface area (Å²) in [7, 11) is 1.57. The zero-order valence-electron chi connectivity index (χ0n) is 8.44. The van der Waals surface area contributed by atoms with E-state index in [0.717, 1.165) is 11.3 Å². The Morgan fingerprint density at radius 2 is 2.00 bits per heavy atom. The van der Waals surface area contributed by atoms with E-state index in [0.29, 0.717) is 0 Å². The molecular formula is C10H10ClN3O. The van der Waals surface area contributed by atoms with Gasteiger partial charge >= 0.3 is 5.69 Å². The molecule has 0 atom stereocenters. The minimum Gasteiger partial charge on any atom is -0.246 e. The van der Waals surface area contributed by atoms with E-state index >= 15 is 0 Å². The van der Waals surface area contributed by atoms with Gasteiger partial charge in [-0.15, -0.1) is 5.10 Å². The number of aromatic nitrogens is 3. The van der Waals surface area contributed by atoms with E-state index in [2.05, 4.69) is 5.10 Å². The molecule has 0 aliphatic carbocycles. The van der Waals surface area contributed by atoms with Crippen molar-refractivity contribution < 1.29 is 0 Å². The van der Waals surface area contributed by atoms with E-state index in [1.807, 2.05) is 31.2 Å². The third-order valence-corrected chi connectivity index (χ3v) is 2.49. The van der Waals surface area contributed by atoms with Crippen molar-refractivity contribution >= 4 is 11.6 Å². The maximum Gasteiger partial charge on any atom is 0.351 e. The molecule has 0 fully saturated rings. The monoisotopic (exact) mass is 223 g/mol. The predicted octanol–water partition coefficient (Wildman–Crippen LogP) is 1.53. The number of benzene rings is 1. The van der Waals surface area contributed by atoms with Crippen LogP contribution < -0.4 is 5.69 Å². The summed E-state index contributed by atoms with van der Waals surface area (Å²) < 4.78 is 2.60. The summed E-state index contributed by atoms with van der Waals surface area (Å²) in [5.74, 6) is 0. The number of hydrogen-bond donors (Lipinski definition) is 0. The molecule has 0 amide bonds. The van der Waals surface area contributed by atoms with Crippen molar-refractivity contribution in [3.63, 3.8) is 0 Å². The summed E-state index contributed by atoms with van der Waals surface area (Å²) in [6, 6.07) is 7.53. The van der Waals surface area contributed by atoms with E-state index in [1.165, 1.54) is 9.25 Å². The smallest absolute Gasteiger partial charge is 0.246 e. The zero-order chi connectivity index (χ0) is 11.0. The Balaban J connectivity index is 2.75. The zero-order valence-corrected chi connectivity index (χ0v) is 9.19. The third-order valence-electron chi connectivity index (χ3n) is 2.24. The fraction of sp³-hybridized carbons (Fsp3) is 0.200. The van der Waals surface area contributed by atoms with Crippen LogP contribution in [0.2, 0.25) is 5.28 Å². The Morgan fingerprint density at radius 1 is 1.33 bits per heavy atom. The van der Waals surface area contributed by atoms with E-state index in [4.69, 9.17) is 11.6 Å². The summed E-state index contributed by atoms with van der Waals surface area (Å²) in [5, 5.41) is 4.04. The van der Waals surface area contributed by atoms with Crippen LogP contribution in [0.4, 0.5) is 0 Å². The summed E-state index contributed by atoms with van der Waals surface area (Å²) in [4.78, 5) is 11.7. The maximum atomic E-state index is 11.7. The Labute approximate surface area is 91.7 Å². The van der Waals surface area contributed by atoms with Crippen LogP contribution in [0, 0.1) is 6.92 Å². The van der Waals surface area contributed by atoms with Gasteiger partial charge in [0.25, 0.3) is 0 Å². The van der Waals surface area contributed by atoms with E-state index in [-0.39, 0.29) is 11.0 Å². The third kappa shape index (κ3) is 1.57. The lowest BCUT2D eigenvalue weighted by atomic mass is 10.2. The van der Waals surface area contributed by atoms with Crippen LogP contribution >= 0.6 is 11.6 Å².